The summed E-state index contributed by atoms with van der Waals surface area (Å²) in [7, 11) is 0. The summed E-state index contributed by atoms with van der Waals surface area (Å²) in [5.74, 6) is -1.87. The van der Waals surface area contributed by atoms with Gasteiger partial charge in [-0.15, -0.1) is 0 Å². The van der Waals surface area contributed by atoms with Crippen LogP contribution >= 0.6 is 0 Å². The lowest BCUT2D eigenvalue weighted by molar-refractivity contribution is -0.125. The van der Waals surface area contributed by atoms with E-state index in [1.165, 1.54) is 0 Å². The molecule has 1 aromatic heterocycles. The maximum atomic E-state index is 12.8. The Morgan fingerprint density at radius 3 is 2.06 bits per heavy atom. The van der Waals surface area contributed by atoms with E-state index in [9.17, 15) is 14.4 Å². The number of hydrogen-bond donors (Lipinski definition) is 2. The molecule has 0 fully saturated rings. The normalized spacial score (nSPS) is 10.3. The number of nitrogens with zero attached hydrogens (tertiary/aromatic N) is 2. The highest BCUT2D eigenvalue weighted by Gasteiger charge is 2.21. The second-order valence-corrected chi connectivity index (χ2v) is 6.98. The lowest BCUT2D eigenvalue weighted by atomic mass is 10.1. The average molecular weight is 440 g/mol. The van der Waals surface area contributed by atoms with Gasteiger partial charge < -0.3 is 4.74 Å². The molecule has 0 aliphatic rings. The Hall–Kier alpha value is -4.72. The molecule has 4 aromatic rings. The first-order chi connectivity index (χ1) is 16.1. The van der Waals surface area contributed by atoms with Crippen molar-refractivity contribution in [3.05, 3.63) is 108 Å². The quantitative estimate of drug-likeness (QED) is 0.354. The van der Waals surface area contributed by atoms with Crippen LogP contribution in [0, 0.1) is 0 Å². The zero-order chi connectivity index (χ0) is 23.0. The number of benzene rings is 3. The van der Waals surface area contributed by atoms with E-state index in [0.29, 0.717) is 11.3 Å². The van der Waals surface area contributed by atoms with Crippen LogP contribution in [-0.2, 0) is 9.53 Å². The van der Waals surface area contributed by atoms with Gasteiger partial charge >= 0.3 is 5.97 Å². The molecule has 3 aromatic carbocycles. The van der Waals surface area contributed by atoms with E-state index in [0.717, 1.165) is 11.3 Å². The average Bonchev–Trinajstić information content (AvgIpc) is 3.33. The number of esters is 1. The zero-order valence-corrected chi connectivity index (χ0v) is 17.5. The Morgan fingerprint density at radius 1 is 0.788 bits per heavy atom. The fourth-order valence-corrected chi connectivity index (χ4v) is 3.08. The lowest BCUT2D eigenvalue weighted by Crippen LogP contribution is -2.43. The summed E-state index contributed by atoms with van der Waals surface area (Å²) >= 11 is 0. The number of hydrazine groups is 1. The summed E-state index contributed by atoms with van der Waals surface area (Å²) in [6.07, 6.45) is 1.56. The van der Waals surface area contributed by atoms with Gasteiger partial charge in [0.2, 0.25) is 0 Å². The molecule has 164 valence electrons. The molecule has 0 radical (unpaired) electrons. The first-order valence-corrected chi connectivity index (χ1v) is 10.1. The smallest absolute Gasteiger partial charge is 0.342 e. The van der Waals surface area contributed by atoms with E-state index in [4.69, 9.17) is 4.74 Å². The second kappa shape index (κ2) is 10.1. The highest BCUT2D eigenvalue weighted by Crippen LogP contribution is 2.24. The Labute approximate surface area is 189 Å². The van der Waals surface area contributed by atoms with Gasteiger partial charge in [-0.2, -0.15) is 5.10 Å². The highest BCUT2D eigenvalue weighted by molar-refractivity contribution is 5.98. The van der Waals surface area contributed by atoms with Gasteiger partial charge in [0.05, 0.1) is 5.69 Å². The standard InChI is InChI=1S/C25H20N4O4/c30-22(26-27-24(31)19-12-6-2-7-13-19)17-33-25(32)21-16-29(20-14-8-3-9-15-20)28-23(21)18-10-4-1-5-11-18/h1-16H,17H2,(H,26,30)(H,27,31). The Bertz CT molecular complexity index is 1260. The Kier molecular flexibility index (Phi) is 6.56. The van der Waals surface area contributed by atoms with E-state index in [1.807, 2.05) is 60.7 Å². The van der Waals surface area contributed by atoms with Crippen LogP contribution in [0.25, 0.3) is 16.9 Å². The lowest BCUT2D eigenvalue weighted by Gasteiger charge is -2.08. The van der Waals surface area contributed by atoms with Gasteiger partial charge in [-0.25, -0.2) is 9.48 Å². The largest absolute Gasteiger partial charge is 0.452 e. The molecule has 8 nitrogen and oxygen atoms in total. The maximum Gasteiger partial charge on any atom is 0.342 e. The molecular weight excluding hydrogens is 420 g/mol. The van der Waals surface area contributed by atoms with Crippen LogP contribution in [-0.4, -0.2) is 34.2 Å². The van der Waals surface area contributed by atoms with Crippen LogP contribution in [0.5, 0.6) is 0 Å². The van der Waals surface area contributed by atoms with Crippen molar-refractivity contribution in [2.45, 2.75) is 0 Å². The van der Waals surface area contributed by atoms with Gasteiger partial charge in [-0.05, 0) is 24.3 Å². The monoisotopic (exact) mass is 440 g/mol. The summed E-state index contributed by atoms with van der Waals surface area (Å²) in [6, 6.07) is 27.0. The zero-order valence-electron chi connectivity index (χ0n) is 17.5. The van der Waals surface area contributed by atoms with Crippen LogP contribution in [0.1, 0.15) is 20.7 Å². The van der Waals surface area contributed by atoms with Crippen LogP contribution in [0.2, 0.25) is 0 Å². The number of nitrogens with one attached hydrogen (secondary N) is 2. The Morgan fingerprint density at radius 2 is 1.39 bits per heavy atom. The maximum absolute atomic E-state index is 12.8. The Balaban J connectivity index is 1.44. The minimum Gasteiger partial charge on any atom is -0.452 e. The number of rotatable bonds is 6. The summed E-state index contributed by atoms with van der Waals surface area (Å²) in [5.41, 5.74) is 7.05. The first-order valence-electron chi connectivity index (χ1n) is 10.1. The van der Waals surface area contributed by atoms with Crippen LogP contribution in [0.3, 0.4) is 0 Å². The predicted molar refractivity (Wildman–Crippen MR) is 121 cm³/mol. The van der Waals surface area contributed by atoms with Crippen molar-refractivity contribution in [3.8, 4) is 16.9 Å². The third-order valence-corrected chi connectivity index (χ3v) is 4.69. The fourth-order valence-electron chi connectivity index (χ4n) is 3.08. The third kappa shape index (κ3) is 5.31. The number of carbonyl (C=O) groups excluding carboxylic acids is 3. The van der Waals surface area contributed by atoms with Crippen molar-refractivity contribution in [1.29, 1.82) is 0 Å². The van der Waals surface area contributed by atoms with Crippen molar-refractivity contribution in [2.75, 3.05) is 6.61 Å². The third-order valence-electron chi connectivity index (χ3n) is 4.69. The second-order valence-electron chi connectivity index (χ2n) is 6.98. The summed E-state index contributed by atoms with van der Waals surface area (Å²) in [6.45, 7) is -0.571. The fraction of sp³-hybridized carbons (Fsp3) is 0.0400. The number of ether oxygens (including phenoxy) is 1. The van der Waals surface area contributed by atoms with Crippen molar-refractivity contribution in [1.82, 2.24) is 20.6 Å². The van der Waals surface area contributed by atoms with Crippen molar-refractivity contribution >= 4 is 17.8 Å². The highest BCUT2D eigenvalue weighted by atomic mass is 16.5. The van der Waals surface area contributed by atoms with Crippen molar-refractivity contribution in [2.24, 2.45) is 0 Å². The van der Waals surface area contributed by atoms with Crippen molar-refractivity contribution in [3.63, 3.8) is 0 Å². The molecule has 1 heterocycles. The molecular formula is C25H20N4O4. The number of aromatic nitrogens is 2. The first kappa shape index (κ1) is 21.5. The van der Waals surface area contributed by atoms with Gasteiger partial charge in [0, 0.05) is 17.3 Å². The van der Waals surface area contributed by atoms with Crippen LogP contribution in [0.15, 0.2) is 97.2 Å². The molecule has 0 saturated carbocycles. The molecule has 0 atom stereocenters. The van der Waals surface area contributed by atoms with Crippen LogP contribution < -0.4 is 10.9 Å². The van der Waals surface area contributed by atoms with E-state index >= 15 is 0 Å². The van der Waals surface area contributed by atoms with E-state index in [2.05, 4.69) is 16.0 Å². The minimum atomic E-state index is -0.708. The molecule has 0 spiro atoms. The van der Waals surface area contributed by atoms with Gasteiger partial charge in [-0.1, -0.05) is 66.7 Å². The van der Waals surface area contributed by atoms with Crippen LogP contribution in [0.4, 0.5) is 0 Å². The predicted octanol–water partition coefficient (Wildman–Crippen LogP) is 3.16. The van der Waals surface area contributed by atoms with Gasteiger partial charge in [0.15, 0.2) is 6.61 Å². The molecule has 8 heteroatoms. The topological polar surface area (TPSA) is 102 Å². The van der Waals surface area contributed by atoms with E-state index < -0.39 is 24.4 Å². The van der Waals surface area contributed by atoms with E-state index in [1.54, 1.807) is 41.2 Å². The molecule has 0 unspecified atom stereocenters. The molecule has 0 bridgehead atoms. The molecule has 2 amide bonds. The molecule has 0 aliphatic carbocycles. The molecule has 33 heavy (non-hydrogen) atoms. The number of hydrogen-bond acceptors (Lipinski definition) is 5. The number of carbonyl (C=O) groups is 3. The molecule has 0 saturated heterocycles. The SMILES string of the molecule is O=C(COC(=O)c1cn(-c2ccccc2)nc1-c1ccccc1)NNC(=O)c1ccccc1. The summed E-state index contributed by atoms with van der Waals surface area (Å²) in [4.78, 5) is 36.9. The summed E-state index contributed by atoms with van der Waals surface area (Å²) < 4.78 is 6.77. The number of amides is 2. The van der Waals surface area contributed by atoms with Gasteiger partial charge in [-0.3, -0.25) is 20.4 Å². The van der Waals surface area contributed by atoms with Gasteiger partial charge in [0.1, 0.15) is 11.3 Å². The van der Waals surface area contributed by atoms with Crippen molar-refractivity contribution < 1.29 is 19.1 Å². The minimum absolute atomic E-state index is 0.214. The molecule has 0 aliphatic heterocycles. The number of para-hydroxylation sites is 1. The van der Waals surface area contributed by atoms with Gasteiger partial charge in [0.25, 0.3) is 11.8 Å². The summed E-state index contributed by atoms with van der Waals surface area (Å²) in [5, 5.41) is 4.55. The molecule has 2 N–H and O–H groups in total. The molecule has 4 rings (SSSR count). The van der Waals surface area contributed by atoms with E-state index in [-0.39, 0.29) is 5.56 Å².